The number of hydrogen-bond acceptors (Lipinski definition) is 5. The summed E-state index contributed by atoms with van der Waals surface area (Å²) >= 11 is 0. The summed E-state index contributed by atoms with van der Waals surface area (Å²) in [5.74, 6) is 1.05. The van der Waals surface area contributed by atoms with Crippen LogP contribution in [0.25, 0.3) is 11.2 Å². The van der Waals surface area contributed by atoms with Gasteiger partial charge in [-0.3, -0.25) is 4.79 Å². The Kier molecular flexibility index (Phi) is 3.43. The fourth-order valence-electron chi connectivity index (χ4n) is 3.98. The molecule has 2 aromatic heterocycles. The smallest absolute Gasteiger partial charge is 0.227 e. The van der Waals surface area contributed by atoms with Crippen LogP contribution in [0, 0.1) is 5.41 Å². The van der Waals surface area contributed by atoms with Crippen LogP contribution in [0.2, 0.25) is 0 Å². The largest absolute Gasteiger partial charge is 0.342 e. The van der Waals surface area contributed by atoms with E-state index in [9.17, 15) is 4.79 Å². The Balaban J connectivity index is 1.57. The van der Waals surface area contributed by atoms with E-state index >= 15 is 0 Å². The van der Waals surface area contributed by atoms with Crippen LogP contribution in [0.1, 0.15) is 32.6 Å². The zero-order valence-corrected chi connectivity index (χ0v) is 13.5. The van der Waals surface area contributed by atoms with Crippen molar-refractivity contribution in [1.82, 2.24) is 24.8 Å². The number of carbonyl (C=O) groups excluding carboxylic acids is 1. The monoisotopic (exact) mass is 314 g/mol. The van der Waals surface area contributed by atoms with E-state index in [-0.39, 0.29) is 5.41 Å². The molecule has 1 amide bonds. The van der Waals surface area contributed by atoms with Crippen molar-refractivity contribution in [3.05, 3.63) is 12.5 Å². The molecule has 1 spiro atoms. The molecule has 0 aromatic carbocycles. The van der Waals surface area contributed by atoms with E-state index in [1.165, 1.54) is 6.42 Å². The van der Waals surface area contributed by atoms with Gasteiger partial charge in [-0.1, -0.05) is 0 Å². The number of nitrogens with one attached hydrogen (secondary N) is 1. The number of likely N-dealkylation sites (tertiary alicyclic amines) is 1. The number of imidazole rings is 1. The molecule has 4 rings (SSSR count). The van der Waals surface area contributed by atoms with Gasteiger partial charge in [0.1, 0.15) is 5.52 Å². The molecule has 1 N–H and O–H groups in total. The number of rotatable bonds is 2. The maximum Gasteiger partial charge on any atom is 0.227 e. The molecule has 23 heavy (non-hydrogen) atoms. The molecule has 0 saturated carbocycles. The minimum atomic E-state index is 0.187. The maximum atomic E-state index is 12.0. The van der Waals surface area contributed by atoms with E-state index in [4.69, 9.17) is 0 Å². The van der Waals surface area contributed by atoms with Gasteiger partial charge < -0.3 is 14.8 Å². The average Bonchev–Trinajstić information content (AvgIpc) is 3.05. The first-order valence-electron chi connectivity index (χ1n) is 8.38. The minimum Gasteiger partial charge on any atom is -0.342 e. The van der Waals surface area contributed by atoms with E-state index in [0.717, 1.165) is 50.5 Å². The summed E-state index contributed by atoms with van der Waals surface area (Å²) in [6, 6.07) is 0. The van der Waals surface area contributed by atoms with Crippen molar-refractivity contribution >= 4 is 23.0 Å². The van der Waals surface area contributed by atoms with Gasteiger partial charge in [0.05, 0.1) is 12.5 Å². The predicted molar refractivity (Wildman–Crippen MR) is 87.1 cm³/mol. The van der Waals surface area contributed by atoms with Gasteiger partial charge in [0.2, 0.25) is 11.9 Å². The summed E-state index contributed by atoms with van der Waals surface area (Å²) in [5.41, 5.74) is 1.76. The molecule has 2 aliphatic rings. The van der Waals surface area contributed by atoms with Crippen molar-refractivity contribution < 1.29 is 4.79 Å². The first-order chi connectivity index (χ1) is 11.2. The lowest BCUT2D eigenvalue weighted by atomic mass is 9.73. The molecular formula is C16H22N6O. The Bertz CT molecular complexity index is 728. The van der Waals surface area contributed by atoms with Gasteiger partial charge in [-0.05, 0) is 26.2 Å². The van der Waals surface area contributed by atoms with E-state index in [1.54, 1.807) is 12.5 Å². The van der Waals surface area contributed by atoms with E-state index < -0.39 is 0 Å². The number of anilines is 1. The van der Waals surface area contributed by atoms with Crippen molar-refractivity contribution in [2.75, 3.05) is 31.1 Å². The Morgan fingerprint density at radius 1 is 1.30 bits per heavy atom. The zero-order chi connectivity index (χ0) is 15.9. The Hall–Kier alpha value is -2.18. The summed E-state index contributed by atoms with van der Waals surface area (Å²) in [6.45, 7) is 5.62. The molecule has 0 bridgehead atoms. The number of piperidine rings is 2. The first kappa shape index (κ1) is 14.4. The number of hydrogen-bond donors (Lipinski definition) is 1. The molecule has 4 heterocycles. The molecule has 7 nitrogen and oxygen atoms in total. The minimum absolute atomic E-state index is 0.187. The van der Waals surface area contributed by atoms with E-state index in [1.807, 2.05) is 4.90 Å². The molecule has 1 unspecified atom stereocenters. The van der Waals surface area contributed by atoms with Crippen molar-refractivity contribution in [3.8, 4) is 0 Å². The van der Waals surface area contributed by atoms with Crippen LogP contribution in [0.15, 0.2) is 12.5 Å². The Morgan fingerprint density at radius 2 is 2.22 bits per heavy atom. The van der Waals surface area contributed by atoms with Gasteiger partial charge >= 0.3 is 0 Å². The maximum absolute atomic E-state index is 12.0. The van der Waals surface area contributed by atoms with Crippen LogP contribution in [-0.4, -0.2) is 56.9 Å². The van der Waals surface area contributed by atoms with Gasteiger partial charge in [0, 0.05) is 38.0 Å². The second-order valence-corrected chi connectivity index (χ2v) is 6.74. The molecule has 0 radical (unpaired) electrons. The zero-order valence-electron chi connectivity index (χ0n) is 13.5. The number of aromatic nitrogens is 4. The molecule has 2 aliphatic heterocycles. The number of carbonyl (C=O) groups is 1. The van der Waals surface area contributed by atoms with Crippen LogP contribution >= 0.6 is 0 Å². The third kappa shape index (κ3) is 2.54. The van der Waals surface area contributed by atoms with E-state index in [0.29, 0.717) is 18.0 Å². The second-order valence-electron chi connectivity index (χ2n) is 6.74. The lowest BCUT2D eigenvalue weighted by Gasteiger charge is -2.48. The van der Waals surface area contributed by atoms with Crippen LogP contribution in [0.3, 0.4) is 0 Å². The van der Waals surface area contributed by atoms with Crippen molar-refractivity contribution in [1.29, 1.82) is 0 Å². The molecule has 0 aliphatic carbocycles. The highest BCUT2D eigenvalue weighted by Gasteiger charge is 2.41. The topological polar surface area (TPSA) is 78.0 Å². The van der Waals surface area contributed by atoms with Crippen LogP contribution in [0.4, 0.5) is 5.95 Å². The Morgan fingerprint density at radius 3 is 3.09 bits per heavy atom. The average molecular weight is 314 g/mol. The second kappa shape index (κ2) is 5.47. The summed E-state index contributed by atoms with van der Waals surface area (Å²) in [7, 11) is 0. The molecule has 2 fully saturated rings. The van der Waals surface area contributed by atoms with Crippen molar-refractivity contribution in [2.24, 2.45) is 5.41 Å². The molecule has 2 aromatic rings. The third-order valence-electron chi connectivity index (χ3n) is 5.24. The fraction of sp³-hybridized carbons (Fsp3) is 0.625. The van der Waals surface area contributed by atoms with E-state index in [2.05, 4.69) is 31.8 Å². The molecular weight excluding hydrogens is 292 g/mol. The summed E-state index contributed by atoms with van der Waals surface area (Å²) in [4.78, 5) is 32.6. The van der Waals surface area contributed by atoms with Gasteiger partial charge in [0.15, 0.2) is 5.65 Å². The van der Waals surface area contributed by atoms with Crippen LogP contribution in [0.5, 0.6) is 0 Å². The SMILES string of the molecule is CCN1CC2(CCCN(c3ncc4[nH]cnc4n3)C2)CCC1=O. The van der Waals surface area contributed by atoms with Crippen LogP contribution in [-0.2, 0) is 4.79 Å². The number of fused-ring (bicyclic) bond motifs is 1. The van der Waals surface area contributed by atoms with Crippen LogP contribution < -0.4 is 4.90 Å². The Labute approximate surface area is 135 Å². The number of nitrogens with zero attached hydrogens (tertiary/aromatic N) is 5. The van der Waals surface area contributed by atoms with Crippen molar-refractivity contribution in [3.63, 3.8) is 0 Å². The highest BCUT2D eigenvalue weighted by molar-refractivity contribution is 5.77. The fourth-order valence-corrected chi connectivity index (χ4v) is 3.98. The van der Waals surface area contributed by atoms with Gasteiger partial charge in [-0.15, -0.1) is 0 Å². The van der Waals surface area contributed by atoms with Gasteiger partial charge in [-0.25, -0.2) is 9.97 Å². The van der Waals surface area contributed by atoms with Gasteiger partial charge in [0.25, 0.3) is 0 Å². The summed E-state index contributed by atoms with van der Waals surface area (Å²) in [6.07, 6.45) is 7.39. The molecule has 2 saturated heterocycles. The van der Waals surface area contributed by atoms with Crippen molar-refractivity contribution in [2.45, 2.75) is 32.6 Å². The number of amides is 1. The summed E-state index contributed by atoms with van der Waals surface area (Å²) < 4.78 is 0. The molecule has 122 valence electrons. The lowest BCUT2D eigenvalue weighted by Crippen LogP contribution is -2.54. The lowest BCUT2D eigenvalue weighted by molar-refractivity contribution is -0.137. The molecule has 1 atom stereocenters. The molecule has 7 heteroatoms. The predicted octanol–water partition coefficient (Wildman–Crippen LogP) is 1.58. The number of aromatic amines is 1. The standard InChI is InChI=1S/C16H22N6O/c1-2-21-9-16(6-4-13(21)23)5-3-7-22(10-16)15-17-8-12-14(20-15)19-11-18-12/h8,11H,2-7,9-10H2,1H3,(H,17,18,19,20). The first-order valence-corrected chi connectivity index (χ1v) is 8.38. The quantitative estimate of drug-likeness (QED) is 0.910. The summed E-state index contributed by atoms with van der Waals surface area (Å²) in [5, 5.41) is 0. The highest BCUT2D eigenvalue weighted by atomic mass is 16.2. The van der Waals surface area contributed by atoms with Gasteiger partial charge in [-0.2, -0.15) is 4.98 Å². The normalized spacial score (nSPS) is 25.5. The highest BCUT2D eigenvalue weighted by Crippen LogP contribution is 2.39. The number of H-pyrrole nitrogens is 1. The third-order valence-corrected chi connectivity index (χ3v) is 5.24.